The normalized spacial score (nSPS) is 18.0. The van der Waals surface area contributed by atoms with E-state index < -0.39 is 0 Å². The summed E-state index contributed by atoms with van der Waals surface area (Å²) < 4.78 is 6.92. The van der Waals surface area contributed by atoms with Gasteiger partial charge in [0.25, 0.3) is 0 Å². The number of benzene rings is 1. The molecule has 1 fully saturated rings. The molecule has 0 bridgehead atoms. The van der Waals surface area contributed by atoms with E-state index in [0.717, 1.165) is 39.1 Å². The van der Waals surface area contributed by atoms with Gasteiger partial charge in [-0.2, -0.15) is 0 Å². The standard InChI is InChI=1S/C17H27BrN2O/c1-4-19-13(3)16-7-6-14(12-17(16)18)20-10-8-15(9-11-20)21-5-2/h6-7,12-13,15,19H,4-5,8-11H2,1-3H3. The second-order valence-electron chi connectivity index (χ2n) is 5.63. The first-order chi connectivity index (χ1) is 10.2. The van der Waals surface area contributed by atoms with Crippen LogP contribution in [0.5, 0.6) is 0 Å². The summed E-state index contributed by atoms with van der Waals surface area (Å²) in [5.41, 5.74) is 2.63. The Morgan fingerprint density at radius 2 is 2.05 bits per heavy atom. The molecule has 1 aromatic carbocycles. The quantitative estimate of drug-likeness (QED) is 0.831. The van der Waals surface area contributed by atoms with Crippen molar-refractivity contribution in [2.24, 2.45) is 0 Å². The summed E-state index contributed by atoms with van der Waals surface area (Å²) in [5, 5.41) is 3.46. The van der Waals surface area contributed by atoms with Crippen molar-refractivity contribution < 1.29 is 4.74 Å². The number of halogens is 1. The molecule has 0 amide bonds. The van der Waals surface area contributed by atoms with E-state index in [0.29, 0.717) is 12.1 Å². The number of piperidine rings is 1. The monoisotopic (exact) mass is 354 g/mol. The SMILES string of the molecule is CCNC(C)c1ccc(N2CCC(OCC)CC2)cc1Br. The highest BCUT2D eigenvalue weighted by Gasteiger charge is 2.20. The van der Waals surface area contributed by atoms with Gasteiger partial charge in [-0.15, -0.1) is 0 Å². The van der Waals surface area contributed by atoms with Crippen LogP contribution in [0.2, 0.25) is 0 Å². The zero-order chi connectivity index (χ0) is 15.2. The molecule has 3 nitrogen and oxygen atoms in total. The van der Waals surface area contributed by atoms with E-state index in [1.807, 2.05) is 0 Å². The van der Waals surface area contributed by atoms with Gasteiger partial charge in [0.1, 0.15) is 0 Å². The van der Waals surface area contributed by atoms with Crippen molar-refractivity contribution in [3.63, 3.8) is 0 Å². The van der Waals surface area contributed by atoms with Gasteiger partial charge in [-0.1, -0.05) is 28.9 Å². The third kappa shape index (κ3) is 4.44. The van der Waals surface area contributed by atoms with E-state index in [2.05, 4.69) is 65.1 Å². The zero-order valence-electron chi connectivity index (χ0n) is 13.4. The molecule has 0 aliphatic carbocycles. The fraction of sp³-hybridized carbons (Fsp3) is 0.647. The predicted molar refractivity (Wildman–Crippen MR) is 93.1 cm³/mol. The van der Waals surface area contributed by atoms with Crippen LogP contribution in [0.15, 0.2) is 22.7 Å². The molecule has 1 atom stereocenters. The summed E-state index contributed by atoms with van der Waals surface area (Å²) in [5.74, 6) is 0. The van der Waals surface area contributed by atoms with Crippen LogP contribution in [0.4, 0.5) is 5.69 Å². The first-order valence-electron chi connectivity index (χ1n) is 8.05. The van der Waals surface area contributed by atoms with Crippen molar-refractivity contribution in [1.82, 2.24) is 5.32 Å². The molecule has 1 heterocycles. The molecular formula is C17H27BrN2O. The van der Waals surface area contributed by atoms with Crippen LogP contribution in [0.1, 0.15) is 45.2 Å². The number of rotatable bonds is 6. The summed E-state index contributed by atoms with van der Waals surface area (Å²) in [4.78, 5) is 2.46. The van der Waals surface area contributed by atoms with Gasteiger partial charge in [0, 0.05) is 35.9 Å². The van der Waals surface area contributed by atoms with Crippen molar-refractivity contribution >= 4 is 21.6 Å². The Hall–Kier alpha value is -0.580. The van der Waals surface area contributed by atoms with E-state index in [1.165, 1.54) is 15.7 Å². The van der Waals surface area contributed by atoms with Crippen LogP contribution in [0.25, 0.3) is 0 Å². The van der Waals surface area contributed by atoms with E-state index in [9.17, 15) is 0 Å². The maximum atomic E-state index is 5.72. The van der Waals surface area contributed by atoms with E-state index in [4.69, 9.17) is 4.74 Å². The Bertz CT molecular complexity index is 444. The highest BCUT2D eigenvalue weighted by atomic mass is 79.9. The Balaban J connectivity index is 2.00. The topological polar surface area (TPSA) is 24.5 Å². The Morgan fingerprint density at radius 3 is 2.62 bits per heavy atom. The van der Waals surface area contributed by atoms with Crippen molar-refractivity contribution in [3.8, 4) is 0 Å². The molecule has 1 aromatic rings. The van der Waals surface area contributed by atoms with Crippen molar-refractivity contribution in [2.45, 2.75) is 45.8 Å². The van der Waals surface area contributed by atoms with Crippen LogP contribution in [-0.2, 0) is 4.74 Å². The maximum absolute atomic E-state index is 5.72. The maximum Gasteiger partial charge on any atom is 0.0608 e. The minimum absolute atomic E-state index is 0.377. The predicted octanol–water partition coefficient (Wildman–Crippen LogP) is 4.12. The molecular weight excluding hydrogens is 328 g/mol. The van der Waals surface area contributed by atoms with Gasteiger partial charge < -0.3 is 15.0 Å². The molecule has 0 radical (unpaired) electrons. The largest absolute Gasteiger partial charge is 0.378 e. The van der Waals surface area contributed by atoms with E-state index in [-0.39, 0.29) is 0 Å². The summed E-state index contributed by atoms with van der Waals surface area (Å²) in [6, 6.07) is 7.11. The number of anilines is 1. The van der Waals surface area contributed by atoms with E-state index in [1.54, 1.807) is 0 Å². The lowest BCUT2D eigenvalue weighted by molar-refractivity contribution is 0.0459. The number of nitrogens with one attached hydrogen (secondary N) is 1. The molecule has 1 aliphatic heterocycles. The minimum atomic E-state index is 0.377. The summed E-state index contributed by atoms with van der Waals surface area (Å²) in [7, 11) is 0. The molecule has 118 valence electrons. The first kappa shape index (κ1) is 16.8. The van der Waals surface area contributed by atoms with Crippen LogP contribution >= 0.6 is 15.9 Å². The number of hydrogen-bond acceptors (Lipinski definition) is 3. The average Bonchev–Trinajstić information content (AvgIpc) is 2.48. The molecule has 0 spiro atoms. The van der Waals surface area contributed by atoms with Crippen LogP contribution < -0.4 is 10.2 Å². The van der Waals surface area contributed by atoms with Gasteiger partial charge in [0.15, 0.2) is 0 Å². The van der Waals surface area contributed by atoms with Gasteiger partial charge in [-0.05, 0) is 50.9 Å². The average molecular weight is 355 g/mol. The lowest BCUT2D eigenvalue weighted by Gasteiger charge is -2.33. The lowest BCUT2D eigenvalue weighted by Crippen LogP contribution is -2.37. The zero-order valence-corrected chi connectivity index (χ0v) is 14.9. The van der Waals surface area contributed by atoms with Crippen molar-refractivity contribution in [1.29, 1.82) is 0 Å². The van der Waals surface area contributed by atoms with Gasteiger partial charge in [-0.25, -0.2) is 0 Å². The molecule has 21 heavy (non-hydrogen) atoms. The van der Waals surface area contributed by atoms with Crippen molar-refractivity contribution in [2.75, 3.05) is 31.1 Å². The second-order valence-corrected chi connectivity index (χ2v) is 6.48. The molecule has 1 unspecified atom stereocenters. The van der Waals surface area contributed by atoms with Crippen LogP contribution in [0.3, 0.4) is 0 Å². The number of hydrogen-bond donors (Lipinski definition) is 1. The molecule has 0 saturated carbocycles. The van der Waals surface area contributed by atoms with Crippen LogP contribution in [-0.4, -0.2) is 32.3 Å². The third-order valence-corrected chi connectivity index (χ3v) is 4.86. The molecule has 2 rings (SSSR count). The lowest BCUT2D eigenvalue weighted by atomic mass is 10.0. The number of nitrogens with zero attached hydrogens (tertiary/aromatic N) is 1. The highest BCUT2D eigenvalue weighted by molar-refractivity contribution is 9.10. The fourth-order valence-corrected chi connectivity index (χ4v) is 3.71. The fourth-order valence-electron chi connectivity index (χ4n) is 3.00. The number of ether oxygens (including phenoxy) is 1. The summed E-state index contributed by atoms with van der Waals surface area (Å²) >= 11 is 3.73. The molecule has 1 saturated heterocycles. The first-order valence-corrected chi connectivity index (χ1v) is 8.84. The Morgan fingerprint density at radius 1 is 1.33 bits per heavy atom. The van der Waals surface area contributed by atoms with Crippen molar-refractivity contribution in [3.05, 3.63) is 28.2 Å². The highest BCUT2D eigenvalue weighted by Crippen LogP contribution is 2.30. The smallest absolute Gasteiger partial charge is 0.0608 e. The molecule has 4 heteroatoms. The summed E-state index contributed by atoms with van der Waals surface area (Å²) in [6.07, 6.45) is 2.70. The third-order valence-electron chi connectivity index (χ3n) is 4.17. The van der Waals surface area contributed by atoms with Crippen LogP contribution in [0, 0.1) is 0 Å². The Kier molecular flexibility index (Phi) is 6.52. The molecule has 0 aromatic heterocycles. The van der Waals surface area contributed by atoms with E-state index >= 15 is 0 Å². The molecule has 1 aliphatic rings. The molecule has 1 N–H and O–H groups in total. The Labute approximate surface area is 137 Å². The van der Waals surface area contributed by atoms with Gasteiger partial charge in [-0.3, -0.25) is 0 Å². The van der Waals surface area contributed by atoms with Gasteiger partial charge in [0.2, 0.25) is 0 Å². The van der Waals surface area contributed by atoms with Gasteiger partial charge >= 0.3 is 0 Å². The van der Waals surface area contributed by atoms with Gasteiger partial charge in [0.05, 0.1) is 6.10 Å². The summed E-state index contributed by atoms with van der Waals surface area (Å²) in [6.45, 7) is 10.4. The second kappa shape index (κ2) is 8.16. The minimum Gasteiger partial charge on any atom is -0.378 e.